The van der Waals surface area contributed by atoms with Crippen molar-refractivity contribution >= 4 is 16.6 Å². The third-order valence-electron chi connectivity index (χ3n) is 3.91. The van der Waals surface area contributed by atoms with Gasteiger partial charge >= 0.3 is 0 Å². The summed E-state index contributed by atoms with van der Waals surface area (Å²) in [7, 11) is 0. The number of aliphatic hydroxyl groups excluding tert-OH is 1. The first-order valence-corrected chi connectivity index (χ1v) is 6.98. The predicted molar refractivity (Wildman–Crippen MR) is 76.2 cm³/mol. The second-order valence-corrected chi connectivity index (χ2v) is 5.10. The van der Waals surface area contributed by atoms with E-state index in [1.165, 1.54) is 23.9 Å². The summed E-state index contributed by atoms with van der Waals surface area (Å²) in [5, 5.41) is 18.5. The van der Waals surface area contributed by atoms with Crippen LogP contribution in [0, 0.1) is 0 Å². The van der Waals surface area contributed by atoms with Gasteiger partial charge in [0, 0.05) is 24.6 Å². The molecule has 0 aliphatic carbocycles. The molecule has 1 aromatic carbocycles. The van der Waals surface area contributed by atoms with E-state index in [9.17, 15) is 0 Å². The Hall–Kier alpha value is -1.68. The molecule has 2 heterocycles. The Balaban J connectivity index is 1.94. The van der Waals surface area contributed by atoms with Crippen molar-refractivity contribution in [1.29, 1.82) is 0 Å². The summed E-state index contributed by atoms with van der Waals surface area (Å²) >= 11 is 0. The standard InChI is InChI=1S/C15H19N3O/c19-10-4-6-12-5-3-9-18(12)15-11-16-17-14-8-2-1-7-13(14)15/h1-2,7-8,11-12,19H,3-6,9-10H2. The minimum absolute atomic E-state index is 0.277. The molecule has 1 aliphatic heterocycles. The van der Waals surface area contributed by atoms with Gasteiger partial charge in [0.05, 0.1) is 17.4 Å². The van der Waals surface area contributed by atoms with E-state index in [4.69, 9.17) is 5.11 Å². The first kappa shape index (κ1) is 12.4. The van der Waals surface area contributed by atoms with Crippen LogP contribution in [0.25, 0.3) is 10.9 Å². The number of hydrogen-bond donors (Lipinski definition) is 1. The second kappa shape index (κ2) is 5.53. The van der Waals surface area contributed by atoms with Crippen LogP contribution in [-0.2, 0) is 0 Å². The molecule has 100 valence electrons. The summed E-state index contributed by atoms with van der Waals surface area (Å²) in [5.41, 5.74) is 2.14. The SMILES string of the molecule is OCCCC1CCCN1c1cnnc2ccccc12. The number of fused-ring (bicyclic) bond motifs is 1. The molecule has 0 saturated carbocycles. The second-order valence-electron chi connectivity index (χ2n) is 5.10. The highest BCUT2D eigenvalue weighted by Gasteiger charge is 2.25. The molecule has 1 unspecified atom stereocenters. The van der Waals surface area contributed by atoms with Gasteiger partial charge in [0.15, 0.2) is 0 Å². The van der Waals surface area contributed by atoms with Gasteiger partial charge in [-0.3, -0.25) is 0 Å². The van der Waals surface area contributed by atoms with E-state index in [2.05, 4.69) is 21.2 Å². The third-order valence-corrected chi connectivity index (χ3v) is 3.91. The Kier molecular flexibility index (Phi) is 3.60. The van der Waals surface area contributed by atoms with E-state index in [0.717, 1.165) is 24.9 Å². The Morgan fingerprint density at radius 1 is 1.32 bits per heavy atom. The van der Waals surface area contributed by atoms with Crippen LogP contribution < -0.4 is 4.90 Å². The topological polar surface area (TPSA) is 49.2 Å². The normalized spacial score (nSPS) is 19.2. The Morgan fingerprint density at radius 2 is 2.21 bits per heavy atom. The van der Waals surface area contributed by atoms with E-state index < -0.39 is 0 Å². The number of benzene rings is 1. The molecular weight excluding hydrogens is 238 g/mol. The molecule has 2 aromatic rings. The van der Waals surface area contributed by atoms with Gasteiger partial charge in [-0.15, -0.1) is 0 Å². The summed E-state index contributed by atoms with van der Waals surface area (Å²) in [5.74, 6) is 0. The van der Waals surface area contributed by atoms with Gasteiger partial charge < -0.3 is 10.0 Å². The first-order valence-electron chi connectivity index (χ1n) is 6.98. The lowest BCUT2D eigenvalue weighted by molar-refractivity contribution is 0.279. The molecule has 1 fully saturated rings. The van der Waals surface area contributed by atoms with Gasteiger partial charge in [-0.25, -0.2) is 0 Å². The van der Waals surface area contributed by atoms with Crippen molar-refractivity contribution in [2.75, 3.05) is 18.1 Å². The van der Waals surface area contributed by atoms with E-state index in [0.29, 0.717) is 6.04 Å². The predicted octanol–water partition coefficient (Wildman–Crippen LogP) is 2.37. The van der Waals surface area contributed by atoms with Crippen LogP contribution in [0.1, 0.15) is 25.7 Å². The lowest BCUT2D eigenvalue weighted by atomic mass is 10.1. The van der Waals surface area contributed by atoms with Crippen LogP contribution in [0.4, 0.5) is 5.69 Å². The zero-order valence-electron chi connectivity index (χ0n) is 11.0. The molecule has 0 bridgehead atoms. The lowest BCUT2D eigenvalue weighted by Gasteiger charge is -2.27. The molecule has 1 saturated heterocycles. The maximum absolute atomic E-state index is 9.01. The number of nitrogens with zero attached hydrogens (tertiary/aromatic N) is 3. The van der Waals surface area contributed by atoms with Gasteiger partial charge in [0.1, 0.15) is 0 Å². The van der Waals surface area contributed by atoms with Crippen molar-refractivity contribution in [3.63, 3.8) is 0 Å². The van der Waals surface area contributed by atoms with Crippen molar-refractivity contribution < 1.29 is 5.11 Å². The quantitative estimate of drug-likeness (QED) is 0.913. The molecule has 0 spiro atoms. The monoisotopic (exact) mass is 257 g/mol. The zero-order chi connectivity index (χ0) is 13.1. The minimum Gasteiger partial charge on any atom is -0.396 e. The Morgan fingerprint density at radius 3 is 3.11 bits per heavy atom. The summed E-state index contributed by atoms with van der Waals surface area (Å²) in [6.07, 6.45) is 6.22. The van der Waals surface area contributed by atoms with Crippen LogP contribution in [0.5, 0.6) is 0 Å². The highest BCUT2D eigenvalue weighted by Crippen LogP contribution is 2.32. The fourth-order valence-electron chi connectivity index (χ4n) is 3.00. The Bertz CT molecular complexity index is 553. The highest BCUT2D eigenvalue weighted by molar-refractivity contribution is 5.90. The van der Waals surface area contributed by atoms with Gasteiger partial charge in [-0.1, -0.05) is 18.2 Å². The zero-order valence-corrected chi connectivity index (χ0v) is 11.0. The van der Waals surface area contributed by atoms with Gasteiger partial charge in [-0.2, -0.15) is 10.2 Å². The van der Waals surface area contributed by atoms with E-state index in [-0.39, 0.29) is 6.61 Å². The molecule has 19 heavy (non-hydrogen) atoms. The fraction of sp³-hybridized carbons (Fsp3) is 0.467. The van der Waals surface area contributed by atoms with Crippen LogP contribution in [0.3, 0.4) is 0 Å². The summed E-state index contributed by atoms with van der Waals surface area (Å²) < 4.78 is 0. The van der Waals surface area contributed by atoms with Crippen molar-refractivity contribution in [2.45, 2.75) is 31.7 Å². The summed E-state index contributed by atoms with van der Waals surface area (Å²) in [4.78, 5) is 2.44. The van der Waals surface area contributed by atoms with E-state index >= 15 is 0 Å². The van der Waals surface area contributed by atoms with Gasteiger partial charge in [-0.05, 0) is 31.7 Å². The molecule has 0 radical (unpaired) electrons. The average Bonchev–Trinajstić information content (AvgIpc) is 2.92. The van der Waals surface area contributed by atoms with Crippen molar-refractivity contribution in [2.24, 2.45) is 0 Å². The van der Waals surface area contributed by atoms with E-state index in [1.807, 2.05) is 24.4 Å². The molecular formula is C15H19N3O. The summed E-state index contributed by atoms with van der Waals surface area (Å²) in [6.45, 7) is 1.35. The van der Waals surface area contributed by atoms with Gasteiger partial charge in [0.25, 0.3) is 0 Å². The van der Waals surface area contributed by atoms with Crippen LogP contribution in [-0.4, -0.2) is 34.5 Å². The number of aromatic nitrogens is 2. The fourth-order valence-corrected chi connectivity index (χ4v) is 3.00. The smallest absolute Gasteiger partial charge is 0.0950 e. The maximum Gasteiger partial charge on any atom is 0.0950 e. The first-order chi connectivity index (χ1) is 9.40. The largest absolute Gasteiger partial charge is 0.396 e. The number of rotatable bonds is 4. The number of anilines is 1. The van der Waals surface area contributed by atoms with Crippen molar-refractivity contribution in [3.05, 3.63) is 30.5 Å². The molecule has 3 rings (SSSR count). The lowest BCUT2D eigenvalue weighted by Crippen LogP contribution is -2.29. The average molecular weight is 257 g/mol. The van der Waals surface area contributed by atoms with Gasteiger partial charge in [0.2, 0.25) is 0 Å². The van der Waals surface area contributed by atoms with Crippen LogP contribution >= 0.6 is 0 Å². The molecule has 4 heteroatoms. The Labute approximate surface area is 113 Å². The molecule has 4 nitrogen and oxygen atoms in total. The molecule has 1 aliphatic rings. The number of aliphatic hydroxyl groups is 1. The third kappa shape index (κ3) is 2.40. The molecule has 1 atom stereocenters. The van der Waals surface area contributed by atoms with Crippen molar-refractivity contribution in [1.82, 2.24) is 10.2 Å². The molecule has 0 amide bonds. The van der Waals surface area contributed by atoms with Crippen LogP contribution in [0.2, 0.25) is 0 Å². The summed E-state index contributed by atoms with van der Waals surface area (Å²) in [6, 6.07) is 8.69. The minimum atomic E-state index is 0.277. The molecule has 1 aromatic heterocycles. The van der Waals surface area contributed by atoms with Crippen molar-refractivity contribution in [3.8, 4) is 0 Å². The van der Waals surface area contributed by atoms with Crippen LogP contribution in [0.15, 0.2) is 30.5 Å². The molecule has 1 N–H and O–H groups in total. The number of hydrogen-bond acceptors (Lipinski definition) is 4. The highest BCUT2D eigenvalue weighted by atomic mass is 16.2. The maximum atomic E-state index is 9.01. The van der Waals surface area contributed by atoms with E-state index in [1.54, 1.807) is 0 Å².